The van der Waals surface area contributed by atoms with Gasteiger partial charge in [-0.25, -0.2) is 9.18 Å². The number of halogens is 3. The highest BCUT2D eigenvalue weighted by Gasteiger charge is 2.30. The molecule has 5 nitrogen and oxygen atoms in total. The van der Waals surface area contributed by atoms with Crippen LogP contribution in [0.4, 0.5) is 10.1 Å². The van der Waals surface area contributed by atoms with Crippen molar-refractivity contribution in [3.8, 4) is 5.69 Å². The number of hydrogen-bond donors (Lipinski definition) is 1. The number of ether oxygens (including phenoxy) is 1. The van der Waals surface area contributed by atoms with Gasteiger partial charge in [-0.05, 0) is 30.3 Å². The molecule has 1 saturated heterocycles. The van der Waals surface area contributed by atoms with Crippen molar-refractivity contribution in [3.05, 3.63) is 57.4 Å². The predicted octanol–water partition coefficient (Wildman–Crippen LogP) is 4.72. The van der Waals surface area contributed by atoms with Gasteiger partial charge in [0.2, 0.25) is 0 Å². The first-order valence-electron chi connectivity index (χ1n) is 8.33. The number of carboxylic acid groups (broad SMARTS) is 1. The Hall–Kier alpha value is -2.09. The Morgan fingerprint density at radius 1 is 1.22 bits per heavy atom. The van der Waals surface area contributed by atoms with Gasteiger partial charge < -0.3 is 19.3 Å². The Morgan fingerprint density at radius 2 is 1.96 bits per heavy atom. The van der Waals surface area contributed by atoms with Crippen LogP contribution in [0.3, 0.4) is 0 Å². The molecule has 1 fully saturated rings. The lowest BCUT2D eigenvalue weighted by atomic mass is 10.2. The fourth-order valence-electron chi connectivity index (χ4n) is 3.47. The zero-order valence-corrected chi connectivity index (χ0v) is 16.4. The molecule has 4 rings (SSSR count). The maximum absolute atomic E-state index is 14.3. The van der Waals surface area contributed by atoms with Gasteiger partial charge in [-0.15, -0.1) is 0 Å². The second-order valence-electron chi connectivity index (χ2n) is 6.17. The average molecular weight is 454 g/mol. The van der Waals surface area contributed by atoms with E-state index in [1.807, 2.05) is 23.1 Å². The molecule has 0 aliphatic carbocycles. The van der Waals surface area contributed by atoms with Gasteiger partial charge in [0, 0.05) is 28.6 Å². The Morgan fingerprint density at radius 3 is 2.63 bits per heavy atom. The molecule has 1 aromatic heterocycles. The molecular formula is C19H15BrClFN2O3. The first-order valence-corrected chi connectivity index (χ1v) is 9.50. The molecule has 0 amide bonds. The number of carbonyl (C=O) groups is 1. The summed E-state index contributed by atoms with van der Waals surface area (Å²) in [5, 5.41) is 10.4. The largest absolute Gasteiger partial charge is 0.476 e. The predicted molar refractivity (Wildman–Crippen MR) is 106 cm³/mol. The summed E-state index contributed by atoms with van der Waals surface area (Å²) in [6.45, 7) is 1.94. The van der Waals surface area contributed by atoms with Crippen molar-refractivity contribution in [2.75, 3.05) is 31.2 Å². The molecule has 0 radical (unpaired) electrons. The van der Waals surface area contributed by atoms with Crippen LogP contribution in [-0.2, 0) is 4.74 Å². The van der Waals surface area contributed by atoms with Gasteiger partial charge >= 0.3 is 5.97 Å². The number of aromatic carboxylic acids is 1. The van der Waals surface area contributed by atoms with Crippen molar-refractivity contribution in [1.82, 2.24) is 4.57 Å². The molecule has 1 aliphatic rings. The lowest BCUT2D eigenvalue weighted by Crippen LogP contribution is -2.37. The maximum atomic E-state index is 14.3. The van der Waals surface area contributed by atoms with Crippen LogP contribution in [0, 0.1) is 5.82 Å². The lowest BCUT2D eigenvalue weighted by molar-refractivity contribution is 0.0688. The van der Waals surface area contributed by atoms with Gasteiger partial charge in [0.25, 0.3) is 0 Å². The smallest absolute Gasteiger partial charge is 0.355 e. The van der Waals surface area contributed by atoms with Crippen LogP contribution in [0.5, 0.6) is 0 Å². The fraction of sp³-hybridized carbons (Fsp3) is 0.211. The molecule has 0 bridgehead atoms. The molecule has 1 aliphatic heterocycles. The quantitative estimate of drug-likeness (QED) is 0.623. The van der Waals surface area contributed by atoms with E-state index < -0.39 is 11.8 Å². The van der Waals surface area contributed by atoms with Crippen molar-refractivity contribution >= 4 is 50.1 Å². The SMILES string of the molecule is O=C(O)c1c(N2CCOCC2)c2c(Cl)c(F)ccc2n1-c1cccc(Br)c1. The molecule has 140 valence electrons. The molecule has 0 atom stereocenters. The number of rotatable bonds is 3. The number of aromatic nitrogens is 1. The first-order chi connectivity index (χ1) is 13.0. The van der Waals surface area contributed by atoms with Gasteiger partial charge in [-0.1, -0.05) is 33.6 Å². The molecule has 0 saturated carbocycles. The molecule has 27 heavy (non-hydrogen) atoms. The van der Waals surface area contributed by atoms with E-state index in [1.165, 1.54) is 6.07 Å². The number of morpholine rings is 1. The van der Waals surface area contributed by atoms with Crippen LogP contribution in [0.25, 0.3) is 16.6 Å². The van der Waals surface area contributed by atoms with E-state index in [9.17, 15) is 14.3 Å². The highest BCUT2D eigenvalue weighted by molar-refractivity contribution is 9.10. The van der Waals surface area contributed by atoms with Crippen molar-refractivity contribution < 1.29 is 19.0 Å². The number of fused-ring (bicyclic) bond motifs is 1. The standard InChI is InChI=1S/C19H15BrClFN2O3/c20-11-2-1-3-12(10-11)24-14-5-4-13(22)16(21)15(14)17(18(24)19(25)26)23-6-8-27-9-7-23/h1-5,10H,6-9H2,(H,25,26). The van der Waals surface area contributed by atoms with Gasteiger partial charge in [0.05, 0.1) is 29.4 Å². The third-order valence-corrected chi connectivity index (χ3v) is 5.46. The van der Waals surface area contributed by atoms with Crippen LogP contribution in [-0.4, -0.2) is 41.9 Å². The van der Waals surface area contributed by atoms with Crippen molar-refractivity contribution in [2.24, 2.45) is 0 Å². The van der Waals surface area contributed by atoms with E-state index in [2.05, 4.69) is 15.9 Å². The van der Waals surface area contributed by atoms with Gasteiger partial charge in [-0.3, -0.25) is 0 Å². The molecule has 8 heteroatoms. The number of anilines is 1. The number of hydrogen-bond acceptors (Lipinski definition) is 3. The summed E-state index contributed by atoms with van der Waals surface area (Å²) in [5.74, 6) is -1.69. The van der Waals surface area contributed by atoms with Gasteiger partial charge in [0.1, 0.15) is 5.82 Å². The van der Waals surface area contributed by atoms with Crippen LogP contribution in [0.1, 0.15) is 10.5 Å². The number of nitrogens with zero attached hydrogens (tertiary/aromatic N) is 2. The zero-order valence-electron chi connectivity index (χ0n) is 14.1. The van der Waals surface area contributed by atoms with Crippen LogP contribution < -0.4 is 4.90 Å². The molecular weight excluding hydrogens is 439 g/mol. The lowest BCUT2D eigenvalue weighted by Gasteiger charge is -2.29. The second kappa shape index (κ2) is 7.14. The summed E-state index contributed by atoms with van der Waals surface area (Å²) in [6, 6.07) is 10.1. The topological polar surface area (TPSA) is 54.7 Å². The summed E-state index contributed by atoms with van der Waals surface area (Å²) in [6.07, 6.45) is 0. The molecule has 1 N–H and O–H groups in total. The van der Waals surface area contributed by atoms with Gasteiger partial charge in [0.15, 0.2) is 5.69 Å². The first kappa shape index (κ1) is 18.3. The normalized spacial score (nSPS) is 14.7. The maximum Gasteiger partial charge on any atom is 0.355 e. The highest BCUT2D eigenvalue weighted by Crippen LogP contribution is 2.42. The van der Waals surface area contributed by atoms with E-state index in [4.69, 9.17) is 16.3 Å². The molecule has 0 unspecified atom stereocenters. The molecule has 0 spiro atoms. The number of carboxylic acids is 1. The number of benzene rings is 2. The Balaban J connectivity index is 2.12. The van der Waals surface area contributed by atoms with Crippen LogP contribution in [0.15, 0.2) is 40.9 Å². The molecule has 2 aromatic carbocycles. The Bertz CT molecular complexity index is 1050. The summed E-state index contributed by atoms with van der Waals surface area (Å²) < 4.78 is 22.1. The third-order valence-electron chi connectivity index (χ3n) is 4.59. The van der Waals surface area contributed by atoms with Crippen molar-refractivity contribution in [1.29, 1.82) is 0 Å². The second-order valence-corrected chi connectivity index (χ2v) is 7.47. The molecule has 3 aromatic rings. The van der Waals surface area contributed by atoms with Crippen LogP contribution in [0.2, 0.25) is 5.02 Å². The van der Waals surface area contributed by atoms with Crippen molar-refractivity contribution in [2.45, 2.75) is 0 Å². The monoisotopic (exact) mass is 452 g/mol. The third kappa shape index (κ3) is 3.09. The minimum absolute atomic E-state index is 0.0532. The van der Waals surface area contributed by atoms with E-state index in [1.54, 1.807) is 16.7 Å². The summed E-state index contributed by atoms with van der Waals surface area (Å²) >= 11 is 9.73. The zero-order chi connectivity index (χ0) is 19.1. The minimum Gasteiger partial charge on any atom is -0.476 e. The Kier molecular flexibility index (Phi) is 4.84. The highest BCUT2D eigenvalue weighted by atomic mass is 79.9. The van der Waals surface area contributed by atoms with Gasteiger partial charge in [-0.2, -0.15) is 0 Å². The summed E-state index contributed by atoms with van der Waals surface area (Å²) in [7, 11) is 0. The Labute approximate surface area is 168 Å². The minimum atomic E-state index is -1.11. The van der Waals surface area contributed by atoms with Crippen LogP contribution >= 0.6 is 27.5 Å². The molecule has 2 heterocycles. The van der Waals surface area contributed by atoms with E-state index in [0.717, 1.165) is 4.47 Å². The van der Waals surface area contributed by atoms with Crippen molar-refractivity contribution in [3.63, 3.8) is 0 Å². The summed E-state index contributed by atoms with van der Waals surface area (Å²) in [4.78, 5) is 14.2. The fourth-order valence-corrected chi connectivity index (χ4v) is 4.11. The van der Waals surface area contributed by atoms with E-state index in [0.29, 0.717) is 48.6 Å². The summed E-state index contributed by atoms with van der Waals surface area (Å²) in [5.41, 5.74) is 1.66. The average Bonchev–Trinajstić information content (AvgIpc) is 3.01. The van der Waals surface area contributed by atoms with E-state index >= 15 is 0 Å². The van der Waals surface area contributed by atoms with E-state index in [-0.39, 0.29) is 10.7 Å².